The van der Waals surface area contributed by atoms with E-state index in [2.05, 4.69) is 42.0 Å². The molecule has 1 aromatic rings. The molecule has 1 N–H and O–H groups in total. The van der Waals surface area contributed by atoms with Gasteiger partial charge in [0.25, 0.3) is 0 Å². The van der Waals surface area contributed by atoms with Crippen molar-refractivity contribution in [3.8, 4) is 5.88 Å². The predicted molar refractivity (Wildman–Crippen MR) is 81.9 cm³/mol. The molecule has 1 aliphatic rings. The molecule has 1 aromatic heterocycles. The Morgan fingerprint density at radius 3 is 2.90 bits per heavy atom. The maximum atomic E-state index is 5.11. The van der Waals surface area contributed by atoms with Crippen LogP contribution in [0.25, 0.3) is 0 Å². The van der Waals surface area contributed by atoms with Crippen LogP contribution in [0.1, 0.15) is 32.8 Å². The molecule has 2 heterocycles. The molecule has 20 heavy (non-hydrogen) atoms. The lowest BCUT2D eigenvalue weighted by Crippen LogP contribution is -2.56. The van der Waals surface area contributed by atoms with E-state index >= 15 is 0 Å². The monoisotopic (exact) mass is 277 g/mol. The third kappa shape index (κ3) is 3.70. The van der Waals surface area contributed by atoms with E-state index in [4.69, 9.17) is 4.74 Å². The smallest absolute Gasteiger partial charge is 0.212 e. The Bertz CT molecular complexity index is 407. The normalized spacial score (nSPS) is 25.4. The second kappa shape index (κ2) is 7.04. The first-order valence-electron chi connectivity index (χ1n) is 7.60. The van der Waals surface area contributed by atoms with Gasteiger partial charge in [0.15, 0.2) is 0 Å². The van der Waals surface area contributed by atoms with Gasteiger partial charge in [-0.25, -0.2) is 4.98 Å². The van der Waals surface area contributed by atoms with E-state index in [9.17, 15) is 0 Å². The van der Waals surface area contributed by atoms with Gasteiger partial charge in [0, 0.05) is 44.0 Å². The van der Waals surface area contributed by atoms with E-state index in [-0.39, 0.29) is 0 Å². The van der Waals surface area contributed by atoms with Crippen LogP contribution in [-0.2, 0) is 6.54 Å². The standard InChI is InChI=1S/C16H27N3O/c1-5-12(2)15-11-19(13(3)8-17-15)10-14-6-7-16(20-4)18-9-14/h6-7,9,12-13,15,17H,5,8,10-11H2,1-4H3. The lowest BCUT2D eigenvalue weighted by Gasteiger charge is -2.41. The summed E-state index contributed by atoms with van der Waals surface area (Å²) in [7, 11) is 1.65. The molecular weight excluding hydrogens is 250 g/mol. The minimum Gasteiger partial charge on any atom is -0.481 e. The minimum atomic E-state index is 0.567. The Balaban J connectivity index is 1.98. The molecule has 0 amide bonds. The zero-order valence-corrected chi connectivity index (χ0v) is 13.1. The zero-order chi connectivity index (χ0) is 14.5. The molecule has 0 spiro atoms. The van der Waals surface area contributed by atoms with Crippen LogP contribution in [-0.4, -0.2) is 42.2 Å². The van der Waals surface area contributed by atoms with Crippen molar-refractivity contribution in [3.63, 3.8) is 0 Å². The third-order valence-corrected chi connectivity index (χ3v) is 4.45. The highest BCUT2D eigenvalue weighted by Crippen LogP contribution is 2.18. The Morgan fingerprint density at radius 1 is 1.50 bits per heavy atom. The van der Waals surface area contributed by atoms with Gasteiger partial charge in [-0.05, 0) is 18.4 Å². The highest BCUT2D eigenvalue weighted by atomic mass is 16.5. The van der Waals surface area contributed by atoms with E-state index in [1.165, 1.54) is 12.0 Å². The van der Waals surface area contributed by atoms with Crippen LogP contribution in [0.3, 0.4) is 0 Å². The van der Waals surface area contributed by atoms with E-state index in [0.717, 1.165) is 25.6 Å². The molecule has 1 fully saturated rings. The number of hydrogen-bond acceptors (Lipinski definition) is 4. The number of aromatic nitrogens is 1. The first-order chi connectivity index (χ1) is 9.63. The highest BCUT2D eigenvalue weighted by Gasteiger charge is 2.27. The van der Waals surface area contributed by atoms with Crippen LogP contribution in [0, 0.1) is 5.92 Å². The lowest BCUT2D eigenvalue weighted by atomic mass is 9.95. The molecule has 3 atom stereocenters. The molecular formula is C16H27N3O. The van der Waals surface area contributed by atoms with Gasteiger partial charge in [-0.15, -0.1) is 0 Å². The summed E-state index contributed by atoms with van der Waals surface area (Å²) in [6.45, 7) is 10.0. The highest BCUT2D eigenvalue weighted by molar-refractivity contribution is 5.17. The van der Waals surface area contributed by atoms with Crippen LogP contribution >= 0.6 is 0 Å². The summed E-state index contributed by atoms with van der Waals surface area (Å²) in [6, 6.07) is 5.22. The van der Waals surface area contributed by atoms with Gasteiger partial charge < -0.3 is 10.1 Å². The van der Waals surface area contributed by atoms with Crippen molar-refractivity contribution in [2.24, 2.45) is 5.92 Å². The molecule has 1 saturated heterocycles. The molecule has 2 rings (SSSR count). The number of rotatable bonds is 5. The number of methoxy groups -OCH3 is 1. The van der Waals surface area contributed by atoms with Gasteiger partial charge in [-0.2, -0.15) is 0 Å². The number of pyridine rings is 1. The van der Waals surface area contributed by atoms with Gasteiger partial charge in [-0.1, -0.05) is 26.3 Å². The first-order valence-corrected chi connectivity index (χ1v) is 7.60. The fourth-order valence-electron chi connectivity index (χ4n) is 2.69. The number of piperazine rings is 1. The molecule has 4 heteroatoms. The summed E-state index contributed by atoms with van der Waals surface area (Å²) >= 11 is 0. The zero-order valence-electron chi connectivity index (χ0n) is 13.1. The summed E-state index contributed by atoms with van der Waals surface area (Å²) in [4.78, 5) is 6.85. The third-order valence-electron chi connectivity index (χ3n) is 4.45. The van der Waals surface area contributed by atoms with Crippen molar-refractivity contribution in [2.75, 3.05) is 20.2 Å². The SMILES string of the molecule is CCC(C)C1CN(Cc2ccc(OC)nc2)C(C)CN1. The Labute approximate surface area is 122 Å². The van der Waals surface area contributed by atoms with E-state index in [1.54, 1.807) is 7.11 Å². The van der Waals surface area contributed by atoms with Crippen molar-refractivity contribution in [1.82, 2.24) is 15.2 Å². The van der Waals surface area contributed by atoms with E-state index < -0.39 is 0 Å². The summed E-state index contributed by atoms with van der Waals surface area (Å²) in [5.74, 6) is 1.40. The van der Waals surface area contributed by atoms with Crippen LogP contribution in [0.5, 0.6) is 5.88 Å². The van der Waals surface area contributed by atoms with Crippen molar-refractivity contribution < 1.29 is 4.74 Å². The maximum absolute atomic E-state index is 5.11. The van der Waals surface area contributed by atoms with Gasteiger partial charge in [0.05, 0.1) is 7.11 Å². The minimum absolute atomic E-state index is 0.567. The average Bonchev–Trinajstić information content (AvgIpc) is 2.49. The lowest BCUT2D eigenvalue weighted by molar-refractivity contribution is 0.111. The second-order valence-electron chi connectivity index (χ2n) is 5.89. The van der Waals surface area contributed by atoms with Gasteiger partial charge >= 0.3 is 0 Å². The molecule has 4 nitrogen and oxygen atoms in total. The van der Waals surface area contributed by atoms with E-state index in [1.807, 2.05) is 12.3 Å². The Kier molecular flexibility index (Phi) is 5.38. The Hall–Kier alpha value is -1.13. The largest absolute Gasteiger partial charge is 0.481 e. The Morgan fingerprint density at radius 2 is 2.30 bits per heavy atom. The summed E-state index contributed by atoms with van der Waals surface area (Å²) < 4.78 is 5.11. The summed E-state index contributed by atoms with van der Waals surface area (Å²) in [5, 5.41) is 3.68. The summed E-state index contributed by atoms with van der Waals surface area (Å²) in [6.07, 6.45) is 3.15. The number of ether oxygens (including phenoxy) is 1. The van der Waals surface area contributed by atoms with Crippen molar-refractivity contribution in [2.45, 2.75) is 45.8 Å². The molecule has 0 aromatic carbocycles. The van der Waals surface area contributed by atoms with Crippen LogP contribution in [0.15, 0.2) is 18.3 Å². The van der Waals surface area contributed by atoms with Gasteiger partial charge in [0.1, 0.15) is 0 Å². The number of nitrogens with one attached hydrogen (secondary N) is 1. The van der Waals surface area contributed by atoms with Crippen LogP contribution in [0.4, 0.5) is 0 Å². The quantitative estimate of drug-likeness (QED) is 0.896. The van der Waals surface area contributed by atoms with Crippen LogP contribution in [0.2, 0.25) is 0 Å². The number of hydrogen-bond donors (Lipinski definition) is 1. The van der Waals surface area contributed by atoms with E-state index in [0.29, 0.717) is 18.0 Å². The van der Waals surface area contributed by atoms with Gasteiger partial charge in [-0.3, -0.25) is 4.90 Å². The van der Waals surface area contributed by atoms with Gasteiger partial charge in [0.2, 0.25) is 5.88 Å². The molecule has 1 aliphatic heterocycles. The molecule has 0 saturated carbocycles. The fourth-order valence-corrected chi connectivity index (χ4v) is 2.69. The maximum Gasteiger partial charge on any atom is 0.212 e. The summed E-state index contributed by atoms with van der Waals surface area (Å²) in [5.41, 5.74) is 1.25. The fraction of sp³-hybridized carbons (Fsp3) is 0.688. The topological polar surface area (TPSA) is 37.4 Å². The average molecular weight is 277 g/mol. The molecule has 0 bridgehead atoms. The molecule has 0 radical (unpaired) electrons. The van der Waals surface area contributed by atoms with Crippen molar-refractivity contribution >= 4 is 0 Å². The van der Waals surface area contributed by atoms with Crippen LogP contribution < -0.4 is 10.1 Å². The molecule has 3 unspecified atom stereocenters. The molecule has 112 valence electrons. The molecule has 0 aliphatic carbocycles. The van der Waals surface area contributed by atoms with Crippen molar-refractivity contribution in [3.05, 3.63) is 23.9 Å². The number of nitrogens with zero attached hydrogens (tertiary/aromatic N) is 2. The predicted octanol–water partition coefficient (Wildman–Crippen LogP) is 2.30. The second-order valence-corrected chi connectivity index (χ2v) is 5.89. The first kappa shape index (κ1) is 15.3. The van der Waals surface area contributed by atoms with Crippen molar-refractivity contribution in [1.29, 1.82) is 0 Å².